The number of hydrogen-bond donors (Lipinski definition) is 1. The molecule has 0 aliphatic heterocycles. The fourth-order valence-corrected chi connectivity index (χ4v) is 2.16. The second kappa shape index (κ2) is 5.91. The van der Waals surface area contributed by atoms with E-state index in [1.807, 2.05) is 13.8 Å². The van der Waals surface area contributed by atoms with E-state index in [1.54, 1.807) is 44.2 Å². The summed E-state index contributed by atoms with van der Waals surface area (Å²) in [6, 6.07) is 8.71. The van der Waals surface area contributed by atoms with Crippen molar-refractivity contribution in [3.8, 4) is 5.75 Å². The zero-order valence-electron chi connectivity index (χ0n) is 12.6. The molecule has 0 bridgehead atoms. The molecule has 0 aliphatic rings. The van der Waals surface area contributed by atoms with Crippen LogP contribution in [0.4, 0.5) is 16.2 Å². The summed E-state index contributed by atoms with van der Waals surface area (Å²) in [6.07, 6.45) is -1.04. The minimum atomic E-state index is -1.07. The van der Waals surface area contributed by atoms with Crippen LogP contribution in [-0.2, 0) is 0 Å². The second-order valence-corrected chi connectivity index (χ2v) is 5.08. The van der Waals surface area contributed by atoms with Crippen molar-refractivity contribution in [1.82, 2.24) is 0 Å². The van der Waals surface area contributed by atoms with Crippen LogP contribution in [0.1, 0.15) is 25.4 Å². The summed E-state index contributed by atoms with van der Waals surface area (Å²) >= 11 is 0. The number of furan rings is 1. The Kier molecular flexibility index (Phi) is 4.21. The van der Waals surface area contributed by atoms with Gasteiger partial charge in [-0.1, -0.05) is 6.07 Å². The van der Waals surface area contributed by atoms with Gasteiger partial charge in [0.05, 0.1) is 17.5 Å². The maximum absolute atomic E-state index is 11.6. The van der Waals surface area contributed by atoms with Gasteiger partial charge in [0.1, 0.15) is 17.3 Å². The molecule has 21 heavy (non-hydrogen) atoms. The molecule has 1 aromatic carbocycles. The van der Waals surface area contributed by atoms with Gasteiger partial charge in [0, 0.05) is 12.1 Å². The number of carboxylic acid groups (broad SMARTS) is 1. The third-order valence-electron chi connectivity index (χ3n) is 2.89. The van der Waals surface area contributed by atoms with Crippen LogP contribution < -0.4 is 9.64 Å². The van der Waals surface area contributed by atoms with Crippen molar-refractivity contribution in [2.45, 2.75) is 33.8 Å². The van der Waals surface area contributed by atoms with Gasteiger partial charge >= 0.3 is 6.09 Å². The summed E-state index contributed by atoms with van der Waals surface area (Å²) in [5.74, 6) is 1.86. The van der Waals surface area contributed by atoms with E-state index in [2.05, 4.69) is 0 Å². The molecule has 1 N–H and O–H groups in total. The Morgan fingerprint density at radius 1 is 1.29 bits per heavy atom. The van der Waals surface area contributed by atoms with Crippen LogP contribution in [-0.4, -0.2) is 17.3 Å². The summed E-state index contributed by atoms with van der Waals surface area (Å²) in [6.45, 7) is 7.37. The smallest absolute Gasteiger partial charge is 0.416 e. The van der Waals surface area contributed by atoms with Gasteiger partial charge in [-0.25, -0.2) is 9.69 Å². The van der Waals surface area contributed by atoms with Gasteiger partial charge in [0.25, 0.3) is 0 Å². The number of aryl methyl sites for hydroxylation is 2. The summed E-state index contributed by atoms with van der Waals surface area (Å²) in [4.78, 5) is 12.8. The molecule has 0 atom stereocenters. The number of benzene rings is 1. The molecule has 2 rings (SSSR count). The lowest BCUT2D eigenvalue weighted by Gasteiger charge is -2.19. The number of anilines is 2. The molecule has 0 fully saturated rings. The topological polar surface area (TPSA) is 62.9 Å². The van der Waals surface area contributed by atoms with Gasteiger partial charge in [-0.2, -0.15) is 0 Å². The van der Waals surface area contributed by atoms with Crippen LogP contribution in [0.2, 0.25) is 0 Å². The summed E-state index contributed by atoms with van der Waals surface area (Å²) in [5, 5.41) is 9.53. The Labute approximate surface area is 123 Å². The van der Waals surface area contributed by atoms with Gasteiger partial charge in [0.15, 0.2) is 0 Å². The van der Waals surface area contributed by atoms with Crippen molar-refractivity contribution < 1.29 is 19.1 Å². The lowest BCUT2D eigenvalue weighted by Crippen LogP contribution is -2.23. The predicted octanol–water partition coefficient (Wildman–Crippen LogP) is 4.50. The Morgan fingerprint density at radius 2 is 2.00 bits per heavy atom. The molecule has 0 saturated carbocycles. The quantitative estimate of drug-likeness (QED) is 0.900. The Bertz CT molecular complexity index is 645. The third-order valence-corrected chi connectivity index (χ3v) is 2.89. The average molecular weight is 289 g/mol. The van der Waals surface area contributed by atoms with Crippen molar-refractivity contribution in [3.63, 3.8) is 0 Å². The number of rotatable bonds is 4. The minimum Gasteiger partial charge on any atom is -0.491 e. The van der Waals surface area contributed by atoms with Gasteiger partial charge in [-0.05, 0) is 39.8 Å². The average Bonchev–Trinajstić information content (AvgIpc) is 2.68. The van der Waals surface area contributed by atoms with Crippen molar-refractivity contribution in [2.24, 2.45) is 0 Å². The van der Waals surface area contributed by atoms with E-state index in [9.17, 15) is 9.90 Å². The van der Waals surface area contributed by atoms with Gasteiger partial charge in [-0.3, -0.25) is 0 Å². The third kappa shape index (κ3) is 3.37. The molecule has 2 aromatic rings. The van der Waals surface area contributed by atoms with E-state index < -0.39 is 6.09 Å². The largest absolute Gasteiger partial charge is 0.491 e. The highest BCUT2D eigenvalue weighted by atomic mass is 16.5. The predicted molar refractivity (Wildman–Crippen MR) is 80.6 cm³/mol. The first-order chi connectivity index (χ1) is 9.88. The molecule has 0 spiro atoms. The Hall–Kier alpha value is -2.43. The Balaban J connectivity index is 2.44. The van der Waals surface area contributed by atoms with E-state index in [4.69, 9.17) is 9.15 Å². The molecule has 112 valence electrons. The van der Waals surface area contributed by atoms with Gasteiger partial charge in [0.2, 0.25) is 0 Å². The first-order valence-electron chi connectivity index (χ1n) is 6.75. The number of amides is 1. The van der Waals surface area contributed by atoms with Crippen molar-refractivity contribution in [2.75, 3.05) is 4.90 Å². The summed E-state index contributed by atoms with van der Waals surface area (Å²) < 4.78 is 11.0. The van der Waals surface area contributed by atoms with E-state index in [1.165, 1.54) is 4.90 Å². The molecule has 1 heterocycles. The zero-order chi connectivity index (χ0) is 15.6. The highest BCUT2D eigenvalue weighted by Crippen LogP contribution is 2.33. The van der Waals surface area contributed by atoms with Crippen LogP contribution in [0.15, 0.2) is 34.7 Å². The van der Waals surface area contributed by atoms with E-state index >= 15 is 0 Å². The van der Waals surface area contributed by atoms with Crippen molar-refractivity contribution in [3.05, 3.63) is 41.9 Å². The SMILES string of the molecule is Cc1cc(N(C(=O)O)c2cccc(OC(C)C)c2)c(C)o1. The van der Waals surface area contributed by atoms with Crippen LogP contribution in [0.3, 0.4) is 0 Å². The number of nitrogens with zero attached hydrogens (tertiary/aromatic N) is 1. The number of hydrogen-bond acceptors (Lipinski definition) is 3. The normalized spacial score (nSPS) is 10.7. The highest BCUT2D eigenvalue weighted by Gasteiger charge is 2.22. The molecule has 5 nitrogen and oxygen atoms in total. The molecule has 5 heteroatoms. The maximum Gasteiger partial charge on any atom is 0.416 e. The van der Waals surface area contributed by atoms with E-state index in [-0.39, 0.29) is 6.10 Å². The molecular weight excluding hydrogens is 270 g/mol. The lowest BCUT2D eigenvalue weighted by atomic mass is 10.2. The number of carbonyl (C=O) groups is 1. The van der Waals surface area contributed by atoms with Gasteiger partial charge in [-0.15, -0.1) is 0 Å². The summed E-state index contributed by atoms with van der Waals surface area (Å²) in [5.41, 5.74) is 1.03. The molecular formula is C16H19NO4. The fraction of sp³-hybridized carbons (Fsp3) is 0.312. The number of ether oxygens (including phenoxy) is 1. The fourth-order valence-electron chi connectivity index (χ4n) is 2.16. The van der Waals surface area contributed by atoms with Crippen molar-refractivity contribution >= 4 is 17.5 Å². The van der Waals surface area contributed by atoms with Crippen LogP contribution in [0, 0.1) is 13.8 Å². The van der Waals surface area contributed by atoms with Crippen LogP contribution in [0.5, 0.6) is 5.75 Å². The lowest BCUT2D eigenvalue weighted by molar-refractivity contribution is 0.204. The van der Waals surface area contributed by atoms with Crippen LogP contribution >= 0.6 is 0 Å². The highest BCUT2D eigenvalue weighted by molar-refractivity contribution is 5.95. The molecule has 1 amide bonds. The molecule has 0 unspecified atom stereocenters. The van der Waals surface area contributed by atoms with E-state index in [0.29, 0.717) is 28.6 Å². The van der Waals surface area contributed by atoms with Crippen LogP contribution in [0.25, 0.3) is 0 Å². The van der Waals surface area contributed by atoms with Gasteiger partial charge < -0.3 is 14.3 Å². The molecule has 0 radical (unpaired) electrons. The second-order valence-electron chi connectivity index (χ2n) is 5.08. The maximum atomic E-state index is 11.6. The zero-order valence-corrected chi connectivity index (χ0v) is 12.6. The molecule has 1 aromatic heterocycles. The monoisotopic (exact) mass is 289 g/mol. The first kappa shape index (κ1) is 15.0. The first-order valence-corrected chi connectivity index (χ1v) is 6.75. The molecule has 0 aliphatic carbocycles. The van der Waals surface area contributed by atoms with E-state index in [0.717, 1.165) is 0 Å². The minimum absolute atomic E-state index is 0.0245. The molecule has 0 saturated heterocycles. The standard InChI is InChI=1S/C16H19NO4/c1-10(2)20-14-7-5-6-13(9-14)17(16(18)19)15-8-11(3)21-12(15)4/h5-10H,1-4H3,(H,18,19). The Morgan fingerprint density at radius 3 is 2.52 bits per heavy atom. The van der Waals surface area contributed by atoms with Crippen molar-refractivity contribution in [1.29, 1.82) is 0 Å². The summed E-state index contributed by atoms with van der Waals surface area (Å²) in [7, 11) is 0.